The first-order chi connectivity index (χ1) is 10.2. The van der Waals surface area contributed by atoms with E-state index in [1.807, 2.05) is 0 Å². The van der Waals surface area contributed by atoms with Crippen LogP contribution in [0.2, 0.25) is 10.0 Å². The Balaban J connectivity index is 2.49. The lowest BCUT2D eigenvalue weighted by Crippen LogP contribution is -2.26. The molecule has 0 saturated heterocycles. The second-order valence-corrected chi connectivity index (χ2v) is 4.91. The number of rotatable bonds is 2. The SMILES string of the molecule is O=c1nc(C=Cc2c(Cl)cccc2Cl)cc(C(F)(F)F)n1F. The number of nitrogens with zero attached hydrogens (tertiary/aromatic N) is 2. The fraction of sp³-hybridized carbons (Fsp3) is 0.0769. The van der Waals surface area contributed by atoms with Gasteiger partial charge >= 0.3 is 11.9 Å². The van der Waals surface area contributed by atoms with Crippen molar-refractivity contribution in [3.05, 3.63) is 61.7 Å². The van der Waals surface area contributed by atoms with Crippen molar-refractivity contribution in [1.29, 1.82) is 0 Å². The number of halogens is 6. The van der Waals surface area contributed by atoms with Gasteiger partial charge in [-0.3, -0.25) is 0 Å². The van der Waals surface area contributed by atoms with Crippen molar-refractivity contribution in [3.63, 3.8) is 0 Å². The van der Waals surface area contributed by atoms with Crippen LogP contribution in [0.5, 0.6) is 0 Å². The van der Waals surface area contributed by atoms with Crippen molar-refractivity contribution in [2.75, 3.05) is 0 Å². The third-order valence-electron chi connectivity index (χ3n) is 2.60. The van der Waals surface area contributed by atoms with Crippen LogP contribution in [0.4, 0.5) is 17.7 Å². The topological polar surface area (TPSA) is 34.9 Å². The van der Waals surface area contributed by atoms with Gasteiger partial charge in [-0.2, -0.15) is 18.2 Å². The van der Waals surface area contributed by atoms with Crippen molar-refractivity contribution < 1.29 is 17.7 Å². The highest BCUT2D eigenvalue weighted by atomic mass is 35.5. The monoisotopic (exact) mass is 352 g/mol. The first-order valence-electron chi connectivity index (χ1n) is 5.69. The zero-order valence-electron chi connectivity index (χ0n) is 10.5. The predicted molar refractivity (Wildman–Crippen MR) is 75.4 cm³/mol. The Morgan fingerprint density at radius 1 is 1.14 bits per heavy atom. The van der Waals surface area contributed by atoms with Gasteiger partial charge in [0.05, 0.1) is 5.69 Å². The molecule has 0 saturated carbocycles. The first kappa shape index (κ1) is 16.5. The molecule has 1 heterocycles. The fourth-order valence-corrected chi connectivity index (χ4v) is 2.13. The smallest absolute Gasteiger partial charge is 0.243 e. The molecule has 0 fully saturated rings. The van der Waals surface area contributed by atoms with Gasteiger partial charge in [0, 0.05) is 15.6 Å². The van der Waals surface area contributed by atoms with E-state index in [0.717, 1.165) is 6.08 Å². The minimum Gasteiger partial charge on any atom is -0.243 e. The molecule has 116 valence electrons. The van der Waals surface area contributed by atoms with E-state index in [-0.39, 0.29) is 15.7 Å². The molecule has 0 spiro atoms. The minimum absolute atomic E-state index is 0.263. The van der Waals surface area contributed by atoms with Crippen LogP contribution in [0.3, 0.4) is 0 Å². The highest BCUT2D eigenvalue weighted by Crippen LogP contribution is 2.29. The summed E-state index contributed by atoms with van der Waals surface area (Å²) in [6.45, 7) is 0. The number of aromatic nitrogens is 2. The lowest BCUT2D eigenvalue weighted by atomic mass is 10.2. The average Bonchev–Trinajstić information content (AvgIpc) is 2.40. The molecule has 0 aliphatic heterocycles. The van der Waals surface area contributed by atoms with E-state index in [0.29, 0.717) is 11.6 Å². The molecule has 2 aromatic rings. The van der Waals surface area contributed by atoms with Crippen LogP contribution in [-0.4, -0.2) is 9.77 Å². The van der Waals surface area contributed by atoms with Gasteiger partial charge < -0.3 is 0 Å². The zero-order valence-corrected chi connectivity index (χ0v) is 12.0. The molecule has 0 N–H and O–H groups in total. The standard InChI is InChI=1S/C13H6Cl2F4N2O/c14-9-2-1-3-10(15)8(9)5-4-7-6-11(13(16,17)18)21(19)12(22)20-7/h1-6H. The maximum atomic E-state index is 13.1. The first-order valence-corrected chi connectivity index (χ1v) is 6.45. The van der Waals surface area contributed by atoms with E-state index >= 15 is 0 Å². The molecule has 2 rings (SSSR count). The summed E-state index contributed by atoms with van der Waals surface area (Å²) in [5.41, 5.74) is -3.45. The van der Waals surface area contributed by atoms with Crippen LogP contribution in [0.1, 0.15) is 17.0 Å². The van der Waals surface area contributed by atoms with Crippen molar-refractivity contribution in [1.82, 2.24) is 9.77 Å². The van der Waals surface area contributed by atoms with Crippen molar-refractivity contribution in [2.45, 2.75) is 6.18 Å². The second kappa shape index (κ2) is 6.10. The van der Waals surface area contributed by atoms with Gasteiger partial charge in [-0.25, -0.2) is 4.79 Å². The number of benzene rings is 1. The predicted octanol–water partition coefficient (Wildman–Crippen LogP) is 4.47. The highest BCUT2D eigenvalue weighted by molar-refractivity contribution is 6.37. The Kier molecular flexibility index (Phi) is 4.58. The Hall–Kier alpha value is -1.86. The molecule has 3 nitrogen and oxygen atoms in total. The molecule has 0 unspecified atom stereocenters. The number of hydrogen-bond acceptors (Lipinski definition) is 2. The minimum atomic E-state index is -5.03. The molecule has 0 atom stereocenters. The van der Waals surface area contributed by atoms with E-state index in [1.165, 1.54) is 18.2 Å². The maximum absolute atomic E-state index is 13.1. The molecule has 1 aromatic carbocycles. The Labute approximate surface area is 131 Å². The Morgan fingerprint density at radius 3 is 2.27 bits per heavy atom. The van der Waals surface area contributed by atoms with Gasteiger partial charge in [-0.05, 0) is 30.4 Å². The normalized spacial score (nSPS) is 12.1. The Morgan fingerprint density at radius 2 is 1.73 bits per heavy atom. The highest BCUT2D eigenvalue weighted by Gasteiger charge is 2.36. The van der Waals surface area contributed by atoms with E-state index in [2.05, 4.69) is 4.98 Å². The van der Waals surface area contributed by atoms with Crippen LogP contribution in [-0.2, 0) is 6.18 Å². The molecule has 1 aromatic heterocycles. The number of hydrogen-bond donors (Lipinski definition) is 0. The molecular formula is C13H6Cl2F4N2O. The summed E-state index contributed by atoms with van der Waals surface area (Å²) in [4.78, 5) is 13.3. The summed E-state index contributed by atoms with van der Waals surface area (Å²) < 4.78 is 50.9. The molecule has 0 amide bonds. The summed E-state index contributed by atoms with van der Waals surface area (Å²) in [5, 5.41) is 0.525. The molecule has 22 heavy (non-hydrogen) atoms. The van der Waals surface area contributed by atoms with E-state index in [4.69, 9.17) is 23.2 Å². The summed E-state index contributed by atoms with van der Waals surface area (Å²) in [6.07, 6.45) is -2.65. The lowest BCUT2D eigenvalue weighted by molar-refractivity contribution is -0.148. The summed E-state index contributed by atoms with van der Waals surface area (Å²) >= 11 is 11.8. The van der Waals surface area contributed by atoms with Crippen LogP contribution < -0.4 is 5.69 Å². The maximum Gasteiger partial charge on any atom is 0.434 e. The molecule has 0 aliphatic carbocycles. The van der Waals surface area contributed by atoms with Gasteiger partial charge in [0.25, 0.3) is 0 Å². The second-order valence-electron chi connectivity index (χ2n) is 4.10. The van der Waals surface area contributed by atoms with Crippen molar-refractivity contribution in [3.8, 4) is 0 Å². The van der Waals surface area contributed by atoms with Crippen molar-refractivity contribution in [2.24, 2.45) is 0 Å². The van der Waals surface area contributed by atoms with Gasteiger partial charge in [0.1, 0.15) is 0 Å². The van der Waals surface area contributed by atoms with Crippen LogP contribution >= 0.6 is 23.2 Å². The van der Waals surface area contributed by atoms with Gasteiger partial charge in [-0.15, -0.1) is 4.79 Å². The molecular weight excluding hydrogens is 347 g/mol. The lowest BCUT2D eigenvalue weighted by Gasteiger charge is -2.08. The van der Waals surface area contributed by atoms with E-state index in [1.54, 1.807) is 6.07 Å². The summed E-state index contributed by atoms with van der Waals surface area (Å²) in [7, 11) is 0. The van der Waals surface area contributed by atoms with Crippen molar-refractivity contribution >= 4 is 35.4 Å². The molecule has 0 bridgehead atoms. The fourth-order valence-electron chi connectivity index (χ4n) is 1.60. The molecule has 9 heteroatoms. The van der Waals surface area contributed by atoms with Crippen LogP contribution in [0, 0.1) is 0 Å². The Bertz CT molecular complexity index is 779. The third kappa shape index (κ3) is 3.48. The van der Waals surface area contributed by atoms with Crippen LogP contribution in [0.15, 0.2) is 29.1 Å². The van der Waals surface area contributed by atoms with Gasteiger partial charge in [0.15, 0.2) is 5.69 Å². The van der Waals surface area contributed by atoms with Gasteiger partial charge in [0.2, 0.25) is 0 Å². The third-order valence-corrected chi connectivity index (χ3v) is 3.26. The largest absolute Gasteiger partial charge is 0.434 e. The molecule has 0 aliphatic rings. The average molecular weight is 353 g/mol. The summed E-state index contributed by atoms with van der Waals surface area (Å²) in [6, 6.07) is 5.05. The van der Waals surface area contributed by atoms with E-state index < -0.39 is 22.3 Å². The number of alkyl halides is 3. The zero-order chi connectivity index (χ0) is 16.5. The quantitative estimate of drug-likeness (QED) is 0.747. The molecule has 0 radical (unpaired) electrons. The van der Waals surface area contributed by atoms with Gasteiger partial charge in [-0.1, -0.05) is 33.7 Å². The summed E-state index contributed by atoms with van der Waals surface area (Å²) in [5.74, 6) is 0. The van der Waals surface area contributed by atoms with Crippen LogP contribution in [0.25, 0.3) is 12.2 Å². The van der Waals surface area contributed by atoms with E-state index in [9.17, 15) is 22.4 Å².